The fourth-order valence-electron chi connectivity index (χ4n) is 0.961. The third-order valence-electron chi connectivity index (χ3n) is 1.56. The zero-order valence-electron chi connectivity index (χ0n) is 8.24. The molecule has 0 saturated heterocycles. The summed E-state index contributed by atoms with van der Waals surface area (Å²) in [5.74, 6) is 0. The summed E-state index contributed by atoms with van der Waals surface area (Å²) in [5.41, 5.74) is 2.25. The van der Waals surface area contributed by atoms with E-state index < -0.39 is 23.8 Å². The smallest absolute Gasteiger partial charge is 0.314 e. The highest BCUT2D eigenvalue weighted by molar-refractivity contribution is 7.76. The summed E-state index contributed by atoms with van der Waals surface area (Å²) in [6, 6.07) is 0.0279. The Kier molecular flexibility index (Phi) is 4.42. The lowest BCUT2D eigenvalue weighted by atomic mass is 10.4. The van der Waals surface area contributed by atoms with E-state index in [0.717, 1.165) is 4.31 Å². The lowest BCUT2D eigenvalue weighted by molar-refractivity contribution is -0.104. The Bertz CT molecular complexity index is 273. The molecule has 0 aromatic rings. The van der Waals surface area contributed by atoms with Gasteiger partial charge in [-0.15, -0.1) is 0 Å². The molecule has 0 radical (unpaired) electrons. The van der Waals surface area contributed by atoms with Crippen molar-refractivity contribution in [3.05, 3.63) is 0 Å². The first-order valence-electron chi connectivity index (χ1n) is 4.13. The summed E-state index contributed by atoms with van der Waals surface area (Å²) in [5, 5.41) is 8.82. The van der Waals surface area contributed by atoms with Crippen LogP contribution in [0.2, 0.25) is 0 Å². The van der Waals surface area contributed by atoms with E-state index in [-0.39, 0.29) is 12.6 Å². The highest BCUT2D eigenvalue weighted by atomic mass is 32.2. The molecule has 2 N–H and O–H groups in total. The van der Waals surface area contributed by atoms with Gasteiger partial charge in [0, 0.05) is 17.8 Å². The largest absolute Gasteiger partial charge is 0.760 e. The van der Waals surface area contributed by atoms with E-state index in [1.807, 2.05) is 0 Å². The van der Waals surface area contributed by atoms with E-state index in [1.54, 1.807) is 6.92 Å². The normalized spacial score (nSPS) is 24.6. The topological polar surface area (TPSA) is 106 Å². The summed E-state index contributed by atoms with van der Waals surface area (Å²) in [7, 11) is 1.41. The van der Waals surface area contributed by atoms with Crippen molar-refractivity contribution in [3.8, 4) is 0 Å². The highest BCUT2D eigenvalue weighted by Gasteiger charge is 2.18. The zero-order chi connectivity index (χ0) is 11.4. The molecule has 0 aromatic heterocycles. The Morgan fingerprint density at radius 2 is 2.60 bits per heavy atom. The lowest BCUT2D eigenvalue weighted by Crippen LogP contribution is -2.34. The van der Waals surface area contributed by atoms with Gasteiger partial charge in [-0.3, -0.25) is 4.21 Å². The fourth-order valence-corrected chi connectivity index (χ4v) is 1.29. The summed E-state index contributed by atoms with van der Waals surface area (Å²) in [4.78, 5) is 7.99. The number of hydrogen-bond acceptors (Lipinski definition) is 7. The molecule has 1 rings (SSSR count). The Labute approximate surface area is 89.3 Å². The second-order valence-corrected chi connectivity index (χ2v) is 3.99. The van der Waals surface area contributed by atoms with Crippen molar-refractivity contribution in [1.82, 2.24) is 9.79 Å². The van der Waals surface area contributed by atoms with Crippen LogP contribution >= 0.6 is 0 Å². The minimum Gasteiger partial charge on any atom is -0.760 e. The van der Waals surface area contributed by atoms with Gasteiger partial charge in [0.2, 0.25) is 0 Å². The molecule has 88 valence electrons. The molecule has 8 nitrogen and oxygen atoms in total. The standard InChI is InChI=1S/C6H13N3O5S/c1-4(3-9(2)15(11)12)13-5-7-6(10)14-8-5/h4,6,10H,3H2,1-2H3,(H,7,8)(H,11,12)/p-1/t4-,6?/m1/s1. The first-order chi connectivity index (χ1) is 6.99. The minimum atomic E-state index is -2.28. The number of hydrogen-bond donors (Lipinski definition) is 2. The van der Waals surface area contributed by atoms with E-state index in [4.69, 9.17) is 9.84 Å². The van der Waals surface area contributed by atoms with Crippen LogP contribution in [0.1, 0.15) is 6.92 Å². The molecular weight excluding hydrogens is 226 g/mol. The Morgan fingerprint density at radius 3 is 3.07 bits per heavy atom. The van der Waals surface area contributed by atoms with Crippen LogP contribution in [0.3, 0.4) is 0 Å². The molecular formula is C6H12N3O5S-. The Balaban J connectivity index is 2.33. The molecule has 9 heteroatoms. The molecule has 0 fully saturated rings. The van der Waals surface area contributed by atoms with E-state index >= 15 is 0 Å². The lowest BCUT2D eigenvalue weighted by Gasteiger charge is -2.22. The van der Waals surface area contributed by atoms with E-state index in [1.165, 1.54) is 7.05 Å². The number of nitrogens with zero attached hydrogens (tertiary/aromatic N) is 2. The van der Waals surface area contributed by atoms with Gasteiger partial charge in [0.15, 0.2) is 0 Å². The van der Waals surface area contributed by atoms with E-state index in [9.17, 15) is 8.76 Å². The Morgan fingerprint density at radius 1 is 1.93 bits per heavy atom. The number of nitrogens with one attached hydrogen (secondary N) is 1. The van der Waals surface area contributed by atoms with Crippen molar-refractivity contribution in [3.63, 3.8) is 0 Å². The zero-order valence-corrected chi connectivity index (χ0v) is 9.06. The van der Waals surface area contributed by atoms with E-state index in [2.05, 4.69) is 15.3 Å². The third-order valence-corrected chi connectivity index (χ3v) is 2.22. The van der Waals surface area contributed by atoms with Crippen LogP contribution in [0.15, 0.2) is 4.99 Å². The van der Waals surface area contributed by atoms with Crippen molar-refractivity contribution in [1.29, 1.82) is 0 Å². The van der Waals surface area contributed by atoms with Crippen molar-refractivity contribution >= 4 is 17.3 Å². The maximum absolute atomic E-state index is 10.5. The van der Waals surface area contributed by atoms with Crippen LogP contribution in [-0.2, 0) is 20.8 Å². The van der Waals surface area contributed by atoms with Gasteiger partial charge >= 0.3 is 6.02 Å². The molecule has 2 unspecified atom stereocenters. The molecule has 0 aliphatic carbocycles. The second-order valence-electron chi connectivity index (χ2n) is 2.94. The van der Waals surface area contributed by atoms with Crippen LogP contribution in [-0.4, -0.2) is 50.3 Å². The van der Waals surface area contributed by atoms with Gasteiger partial charge in [-0.25, -0.2) is 14.6 Å². The quantitative estimate of drug-likeness (QED) is 0.564. The SMILES string of the molecule is C[C@H](CN(C)S(=O)[O-])OC1=NC(O)ON1. The predicted molar refractivity (Wildman–Crippen MR) is 49.8 cm³/mol. The second kappa shape index (κ2) is 5.37. The molecule has 1 aliphatic heterocycles. The maximum atomic E-state index is 10.5. The number of aliphatic hydroxyl groups excluding tert-OH is 1. The summed E-state index contributed by atoms with van der Waals surface area (Å²) < 4.78 is 27.2. The summed E-state index contributed by atoms with van der Waals surface area (Å²) in [6.07, 6.45) is -1.69. The van der Waals surface area contributed by atoms with Crippen molar-refractivity contribution < 1.29 is 23.4 Å². The number of ether oxygens (including phenoxy) is 1. The molecule has 0 spiro atoms. The van der Waals surface area contributed by atoms with E-state index in [0.29, 0.717) is 0 Å². The van der Waals surface area contributed by atoms with Crippen molar-refractivity contribution in [2.24, 2.45) is 4.99 Å². The van der Waals surface area contributed by atoms with Gasteiger partial charge in [-0.1, -0.05) is 0 Å². The van der Waals surface area contributed by atoms with Gasteiger partial charge < -0.3 is 14.4 Å². The van der Waals surface area contributed by atoms with Gasteiger partial charge in [0.05, 0.1) is 0 Å². The molecule has 0 bridgehead atoms. The minimum absolute atomic E-state index is 0.0279. The van der Waals surface area contributed by atoms with Crippen molar-refractivity contribution in [2.75, 3.05) is 13.6 Å². The van der Waals surface area contributed by atoms with Crippen LogP contribution in [0, 0.1) is 0 Å². The number of likely N-dealkylation sites (N-methyl/N-ethyl adjacent to an activating group) is 1. The number of hydroxylamine groups is 1. The van der Waals surface area contributed by atoms with Crippen LogP contribution < -0.4 is 5.48 Å². The third kappa shape index (κ3) is 4.10. The first-order valence-corrected chi connectivity index (χ1v) is 5.17. The molecule has 0 amide bonds. The fraction of sp³-hybridized carbons (Fsp3) is 0.833. The molecule has 3 atom stereocenters. The molecule has 1 heterocycles. The van der Waals surface area contributed by atoms with Gasteiger partial charge in [0.25, 0.3) is 6.41 Å². The average Bonchev–Trinajstić information content (AvgIpc) is 2.50. The summed E-state index contributed by atoms with van der Waals surface area (Å²) in [6.45, 7) is 1.84. The van der Waals surface area contributed by atoms with Gasteiger partial charge in [-0.05, 0) is 14.0 Å². The van der Waals surface area contributed by atoms with Crippen LogP contribution in [0.4, 0.5) is 0 Å². The monoisotopic (exact) mass is 238 g/mol. The number of rotatable bonds is 4. The van der Waals surface area contributed by atoms with Crippen LogP contribution in [0.25, 0.3) is 0 Å². The van der Waals surface area contributed by atoms with Crippen LogP contribution in [0.5, 0.6) is 0 Å². The molecule has 1 aliphatic rings. The molecule has 0 aromatic carbocycles. The number of aliphatic imine (C=N–C) groups is 1. The molecule has 15 heavy (non-hydrogen) atoms. The number of amidine groups is 1. The van der Waals surface area contributed by atoms with Gasteiger partial charge in [0.1, 0.15) is 6.10 Å². The highest BCUT2D eigenvalue weighted by Crippen LogP contribution is 2.02. The number of aliphatic hydroxyl groups is 1. The molecule has 0 saturated carbocycles. The Hall–Kier alpha value is -0.740. The maximum Gasteiger partial charge on any atom is 0.314 e. The van der Waals surface area contributed by atoms with Gasteiger partial charge in [-0.2, -0.15) is 4.99 Å². The average molecular weight is 238 g/mol. The van der Waals surface area contributed by atoms with Crippen molar-refractivity contribution in [2.45, 2.75) is 19.4 Å². The first kappa shape index (κ1) is 12.3. The summed E-state index contributed by atoms with van der Waals surface area (Å²) >= 11 is -2.28. The predicted octanol–water partition coefficient (Wildman–Crippen LogP) is -1.72.